The van der Waals surface area contributed by atoms with E-state index in [1.54, 1.807) is 11.0 Å². The number of nitrogens with zero attached hydrogens (tertiary/aromatic N) is 1. The van der Waals surface area contributed by atoms with Crippen molar-refractivity contribution in [3.63, 3.8) is 0 Å². The zero-order valence-electron chi connectivity index (χ0n) is 9.56. The average Bonchev–Trinajstić information content (AvgIpc) is 2.80. The minimum absolute atomic E-state index is 0.0239. The van der Waals surface area contributed by atoms with Crippen LogP contribution in [0.5, 0.6) is 0 Å². The highest BCUT2D eigenvalue weighted by molar-refractivity contribution is 7.10. The topological polar surface area (TPSA) is 46.3 Å². The number of hydrogen-bond acceptors (Lipinski definition) is 3. The van der Waals surface area contributed by atoms with E-state index in [2.05, 4.69) is 6.58 Å². The lowest BCUT2D eigenvalue weighted by molar-refractivity contribution is -0.132. The third-order valence-electron chi connectivity index (χ3n) is 2.27. The Bertz CT molecular complexity index is 335. The van der Waals surface area contributed by atoms with E-state index in [9.17, 15) is 4.79 Å². The molecule has 1 aromatic rings. The van der Waals surface area contributed by atoms with E-state index in [0.717, 1.165) is 17.8 Å². The van der Waals surface area contributed by atoms with Crippen LogP contribution >= 0.6 is 11.3 Å². The largest absolute Gasteiger partial charge is 0.337 e. The molecule has 0 radical (unpaired) electrons. The molecule has 0 saturated carbocycles. The van der Waals surface area contributed by atoms with E-state index < -0.39 is 6.04 Å². The van der Waals surface area contributed by atoms with Gasteiger partial charge in [-0.15, -0.1) is 17.9 Å². The fourth-order valence-electron chi connectivity index (χ4n) is 1.50. The predicted octanol–water partition coefficient (Wildman–Crippen LogP) is 2.17. The summed E-state index contributed by atoms with van der Waals surface area (Å²) in [6.45, 7) is 6.98. The SMILES string of the molecule is C=CCN(CCC)C(=O)C(N)c1cccs1. The first-order chi connectivity index (χ1) is 7.70. The lowest BCUT2D eigenvalue weighted by Gasteiger charge is -2.23. The van der Waals surface area contributed by atoms with E-state index in [1.807, 2.05) is 24.4 Å². The molecule has 2 N–H and O–H groups in total. The Morgan fingerprint density at radius 1 is 1.75 bits per heavy atom. The smallest absolute Gasteiger partial charge is 0.245 e. The summed E-state index contributed by atoms with van der Waals surface area (Å²) >= 11 is 1.51. The van der Waals surface area contributed by atoms with Crippen LogP contribution in [0.4, 0.5) is 0 Å². The zero-order valence-corrected chi connectivity index (χ0v) is 10.4. The molecule has 1 amide bonds. The summed E-state index contributed by atoms with van der Waals surface area (Å²) in [4.78, 5) is 14.7. The summed E-state index contributed by atoms with van der Waals surface area (Å²) in [5.74, 6) is -0.0239. The fourth-order valence-corrected chi connectivity index (χ4v) is 2.22. The second kappa shape index (κ2) is 6.45. The maximum atomic E-state index is 12.1. The van der Waals surface area contributed by atoms with Crippen LogP contribution < -0.4 is 5.73 Å². The molecule has 1 atom stereocenters. The van der Waals surface area contributed by atoms with Crippen molar-refractivity contribution in [1.29, 1.82) is 0 Å². The third-order valence-corrected chi connectivity index (χ3v) is 3.23. The summed E-state index contributed by atoms with van der Waals surface area (Å²) in [5.41, 5.74) is 5.93. The number of carbonyl (C=O) groups excluding carboxylic acids is 1. The van der Waals surface area contributed by atoms with Crippen molar-refractivity contribution in [2.45, 2.75) is 19.4 Å². The fraction of sp³-hybridized carbons (Fsp3) is 0.417. The zero-order chi connectivity index (χ0) is 12.0. The maximum Gasteiger partial charge on any atom is 0.245 e. The van der Waals surface area contributed by atoms with Crippen LogP contribution in [-0.2, 0) is 4.79 Å². The number of hydrogen-bond donors (Lipinski definition) is 1. The number of rotatable bonds is 6. The Hall–Kier alpha value is -1.13. The highest BCUT2D eigenvalue weighted by Crippen LogP contribution is 2.18. The van der Waals surface area contributed by atoms with Crippen LogP contribution in [0.15, 0.2) is 30.2 Å². The molecule has 88 valence electrons. The molecule has 3 nitrogen and oxygen atoms in total. The van der Waals surface area contributed by atoms with Crippen LogP contribution in [0.3, 0.4) is 0 Å². The molecule has 4 heteroatoms. The lowest BCUT2D eigenvalue weighted by atomic mass is 10.2. The van der Waals surface area contributed by atoms with Gasteiger partial charge in [-0.25, -0.2) is 0 Å². The first-order valence-electron chi connectivity index (χ1n) is 5.39. The molecule has 1 unspecified atom stereocenters. The second-order valence-electron chi connectivity index (χ2n) is 3.57. The minimum atomic E-state index is -0.536. The van der Waals surface area contributed by atoms with Crippen molar-refractivity contribution in [2.24, 2.45) is 5.73 Å². The van der Waals surface area contributed by atoms with Crippen molar-refractivity contribution in [1.82, 2.24) is 4.90 Å². The normalized spacial score (nSPS) is 12.1. The number of thiophene rings is 1. The van der Waals surface area contributed by atoms with E-state index in [4.69, 9.17) is 5.73 Å². The van der Waals surface area contributed by atoms with Gasteiger partial charge in [-0.2, -0.15) is 0 Å². The standard InChI is InChI=1S/C12H18N2OS/c1-3-7-14(8-4-2)12(15)11(13)10-6-5-9-16-10/h3,5-6,9,11H,1,4,7-8,13H2,2H3. The molecule has 0 aromatic carbocycles. The van der Waals surface area contributed by atoms with Crippen LogP contribution in [0.1, 0.15) is 24.3 Å². The van der Waals surface area contributed by atoms with Crippen molar-refractivity contribution >= 4 is 17.2 Å². The molecule has 0 spiro atoms. The van der Waals surface area contributed by atoms with Gasteiger partial charge in [-0.3, -0.25) is 4.79 Å². The van der Waals surface area contributed by atoms with Crippen molar-refractivity contribution < 1.29 is 4.79 Å². The van der Waals surface area contributed by atoms with Gasteiger partial charge in [0, 0.05) is 18.0 Å². The van der Waals surface area contributed by atoms with Crippen LogP contribution in [0.2, 0.25) is 0 Å². The molecule has 1 heterocycles. The number of nitrogens with two attached hydrogens (primary N) is 1. The molecule has 0 aliphatic rings. The van der Waals surface area contributed by atoms with E-state index >= 15 is 0 Å². The Kier molecular flexibility index (Phi) is 5.22. The van der Waals surface area contributed by atoms with Gasteiger partial charge >= 0.3 is 0 Å². The van der Waals surface area contributed by atoms with Crippen LogP contribution in [-0.4, -0.2) is 23.9 Å². The summed E-state index contributed by atoms with van der Waals surface area (Å²) in [7, 11) is 0. The highest BCUT2D eigenvalue weighted by Gasteiger charge is 2.21. The Labute approximate surface area is 101 Å². The second-order valence-corrected chi connectivity index (χ2v) is 4.55. The molecular weight excluding hydrogens is 220 g/mol. The van der Waals surface area contributed by atoms with Gasteiger partial charge in [0.25, 0.3) is 0 Å². The minimum Gasteiger partial charge on any atom is -0.337 e. The molecule has 1 aromatic heterocycles. The Morgan fingerprint density at radius 3 is 3.00 bits per heavy atom. The summed E-state index contributed by atoms with van der Waals surface area (Å²) in [6.07, 6.45) is 2.66. The molecular formula is C12H18N2OS. The Balaban J connectivity index is 2.70. The average molecular weight is 238 g/mol. The van der Waals surface area contributed by atoms with Crippen molar-refractivity contribution in [3.05, 3.63) is 35.0 Å². The molecule has 16 heavy (non-hydrogen) atoms. The van der Waals surface area contributed by atoms with E-state index in [1.165, 1.54) is 11.3 Å². The van der Waals surface area contributed by atoms with Gasteiger partial charge in [0.15, 0.2) is 0 Å². The van der Waals surface area contributed by atoms with Gasteiger partial charge < -0.3 is 10.6 Å². The molecule has 0 saturated heterocycles. The van der Waals surface area contributed by atoms with Gasteiger partial charge in [0.2, 0.25) is 5.91 Å². The van der Waals surface area contributed by atoms with Gasteiger partial charge in [0.05, 0.1) is 0 Å². The monoisotopic (exact) mass is 238 g/mol. The van der Waals surface area contributed by atoms with Crippen molar-refractivity contribution in [3.8, 4) is 0 Å². The number of carbonyl (C=O) groups is 1. The summed E-state index contributed by atoms with van der Waals surface area (Å²) in [5, 5.41) is 1.93. The lowest BCUT2D eigenvalue weighted by Crippen LogP contribution is -2.38. The van der Waals surface area contributed by atoms with Gasteiger partial charge in [-0.1, -0.05) is 19.1 Å². The summed E-state index contributed by atoms with van der Waals surface area (Å²) in [6, 6.07) is 3.27. The number of amides is 1. The molecule has 0 aliphatic heterocycles. The molecule has 0 aliphatic carbocycles. The molecule has 1 rings (SSSR count). The van der Waals surface area contributed by atoms with Crippen molar-refractivity contribution in [2.75, 3.05) is 13.1 Å². The molecule has 0 bridgehead atoms. The van der Waals surface area contributed by atoms with E-state index in [0.29, 0.717) is 6.54 Å². The third kappa shape index (κ3) is 3.18. The maximum absolute atomic E-state index is 12.1. The summed E-state index contributed by atoms with van der Waals surface area (Å²) < 4.78 is 0. The highest BCUT2D eigenvalue weighted by atomic mass is 32.1. The van der Waals surface area contributed by atoms with E-state index in [-0.39, 0.29) is 5.91 Å². The first-order valence-corrected chi connectivity index (χ1v) is 6.27. The molecule has 0 fully saturated rings. The quantitative estimate of drug-likeness (QED) is 0.772. The van der Waals surface area contributed by atoms with Gasteiger partial charge in [0.1, 0.15) is 6.04 Å². The first kappa shape index (κ1) is 12.9. The van der Waals surface area contributed by atoms with Gasteiger partial charge in [-0.05, 0) is 17.9 Å². The van der Waals surface area contributed by atoms with Crippen LogP contribution in [0.25, 0.3) is 0 Å². The Morgan fingerprint density at radius 2 is 2.50 bits per heavy atom. The van der Waals surface area contributed by atoms with Crippen LogP contribution in [0, 0.1) is 0 Å². The predicted molar refractivity (Wildman–Crippen MR) is 68.3 cm³/mol.